The highest BCUT2D eigenvalue weighted by atomic mass is 16.3. The molecule has 3 heterocycles. The number of hydrogen-bond acceptors (Lipinski definition) is 5. The number of H-pyrrole nitrogens is 1. The second kappa shape index (κ2) is 4.64. The molecule has 6 heteroatoms. The van der Waals surface area contributed by atoms with Gasteiger partial charge in [-0.2, -0.15) is 0 Å². The Labute approximate surface area is 104 Å². The zero-order chi connectivity index (χ0) is 12.5. The Kier molecular flexibility index (Phi) is 2.99. The van der Waals surface area contributed by atoms with Crippen LogP contribution in [0.1, 0.15) is 5.56 Å². The second-order valence-electron chi connectivity index (χ2n) is 4.80. The molecule has 0 bridgehead atoms. The quantitative estimate of drug-likeness (QED) is 0.697. The van der Waals surface area contributed by atoms with Crippen LogP contribution in [0.5, 0.6) is 0 Å². The van der Waals surface area contributed by atoms with Gasteiger partial charge in [-0.15, -0.1) is 0 Å². The van der Waals surface area contributed by atoms with E-state index in [9.17, 15) is 5.11 Å². The third-order valence-corrected chi connectivity index (χ3v) is 3.53. The van der Waals surface area contributed by atoms with E-state index in [1.807, 2.05) is 6.20 Å². The Hall–Kier alpha value is -1.50. The van der Waals surface area contributed by atoms with Gasteiger partial charge >= 0.3 is 0 Å². The first-order chi connectivity index (χ1) is 8.78. The molecular weight excluding hydrogens is 232 g/mol. The molecule has 0 saturated carbocycles. The van der Waals surface area contributed by atoms with E-state index in [2.05, 4.69) is 19.9 Å². The molecule has 96 valence electrons. The predicted octanol–water partition coefficient (Wildman–Crippen LogP) is -0.257. The Morgan fingerprint density at radius 1 is 1.44 bits per heavy atom. The molecule has 18 heavy (non-hydrogen) atoms. The number of fused-ring (bicyclic) bond motifs is 1. The highest BCUT2D eigenvalue weighted by molar-refractivity contribution is 5.77. The largest absolute Gasteiger partial charge is 0.396 e. The SMILES string of the molecule is OC[C@H]1CN(Cc2c[nH]c3cncnc23)C[C@@H]1O. The summed E-state index contributed by atoms with van der Waals surface area (Å²) in [6.07, 6.45) is 4.78. The van der Waals surface area contributed by atoms with E-state index in [0.29, 0.717) is 6.54 Å². The molecule has 1 aliphatic rings. The monoisotopic (exact) mass is 248 g/mol. The third-order valence-electron chi connectivity index (χ3n) is 3.53. The van der Waals surface area contributed by atoms with Gasteiger partial charge < -0.3 is 15.2 Å². The van der Waals surface area contributed by atoms with Crippen molar-refractivity contribution in [3.05, 3.63) is 24.3 Å². The van der Waals surface area contributed by atoms with Crippen LogP contribution < -0.4 is 0 Å². The summed E-state index contributed by atoms with van der Waals surface area (Å²) in [5.41, 5.74) is 2.94. The fourth-order valence-corrected chi connectivity index (χ4v) is 2.54. The smallest absolute Gasteiger partial charge is 0.116 e. The molecule has 1 saturated heterocycles. The van der Waals surface area contributed by atoms with E-state index in [4.69, 9.17) is 5.11 Å². The van der Waals surface area contributed by atoms with Crippen LogP contribution in [0.3, 0.4) is 0 Å². The standard InChI is InChI=1S/C12H16N4O2/c17-6-9-4-16(5-11(9)18)3-8-1-14-10-2-13-7-15-12(8)10/h1-2,7,9,11,14,17-18H,3-6H2/t9-,11+/m1/s1. The number of nitrogens with one attached hydrogen (secondary N) is 1. The highest BCUT2D eigenvalue weighted by Gasteiger charge is 2.30. The number of aromatic nitrogens is 3. The fourth-order valence-electron chi connectivity index (χ4n) is 2.54. The summed E-state index contributed by atoms with van der Waals surface area (Å²) in [7, 11) is 0. The molecule has 2 aromatic rings. The zero-order valence-electron chi connectivity index (χ0n) is 9.95. The van der Waals surface area contributed by atoms with Gasteiger partial charge in [0, 0.05) is 43.9 Å². The van der Waals surface area contributed by atoms with E-state index in [1.54, 1.807) is 6.20 Å². The van der Waals surface area contributed by atoms with E-state index in [-0.39, 0.29) is 12.5 Å². The second-order valence-corrected chi connectivity index (χ2v) is 4.80. The average molecular weight is 248 g/mol. The fraction of sp³-hybridized carbons (Fsp3) is 0.500. The summed E-state index contributed by atoms with van der Waals surface area (Å²) >= 11 is 0. The minimum absolute atomic E-state index is 0.0354. The van der Waals surface area contributed by atoms with Crippen LogP contribution in [0.4, 0.5) is 0 Å². The van der Waals surface area contributed by atoms with Crippen molar-refractivity contribution in [2.24, 2.45) is 5.92 Å². The van der Waals surface area contributed by atoms with Gasteiger partial charge in [0.1, 0.15) is 6.33 Å². The van der Waals surface area contributed by atoms with E-state index in [0.717, 1.165) is 29.7 Å². The Balaban J connectivity index is 1.77. The lowest BCUT2D eigenvalue weighted by Gasteiger charge is -2.13. The number of aliphatic hydroxyl groups excluding tert-OH is 2. The summed E-state index contributed by atoms with van der Waals surface area (Å²) < 4.78 is 0. The van der Waals surface area contributed by atoms with Gasteiger partial charge in [0.05, 0.1) is 23.3 Å². The first-order valence-corrected chi connectivity index (χ1v) is 6.05. The average Bonchev–Trinajstić information content (AvgIpc) is 2.94. The van der Waals surface area contributed by atoms with Gasteiger partial charge in [0.25, 0.3) is 0 Å². The number of β-amino-alcohol motifs (C(OH)–C–C–N with tert-alkyl or cyclic N) is 1. The van der Waals surface area contributed by atoms with Crippen molar-refractivity contribution in [3.63, 3.8) is 0 Å². The zero-order valence-corrected chi connectivity index (χ0v) is 9.95. The van der Waals surface area contributed by atoms with E-state index < -0.39 is 6.10 Å². The van der Waals surface area contributed by atoms with Crippen molar-refractivity contribution >= 4 is 11.0 Å². The van der Waals surface area contributed by atoms with Crippen molar-refractivity contribution in [1.82, 2.24) is 19.9 Å². The number of hydrogen-bond donors (Lipinski definition) is 3. The topological polar surface area (TPSA) is 85.3 Å². The number of aliphatic hydroxyl groups is 2. The predicted molar refractivity (Wildman–Crippen MR) is 65.7 cm³/mol. The lowest BCUT2D eigenvalue weighted by molar-refractivity contribution is 0.103. The molecule has 3 N–H and O–H groups in total. The van der Waals surface area contributed by atoms with Crippen molar-refractivity contribution in [3.8, 4) is 0 Å². The van der Waals surface area contributed by atoms with Gasteiger partial charge in [-0.25, -0.2) is 9.97 Å². The Morgan fingerprint density at radius 3 is 3.11 bits per heavy atom. The number of rotatable bonds is 3. The minimum Gasteiger partial charge on any atom is -0.396 e. The number of likely N-dealkylation sites (tertiary alicyclic amines) is 1. The van der Waals surface area contributed by atoms with E-state index in [1.165, 1.54) is 6.33 Å². The summed E-state index contributed by atoms with van der Waals surface area (Å²) in [6, 6.07) is 0. The first kappa shape index (κ1) is 11.6. The molecule has 3 rings (SSSR count). The van der Waals surface area contributed by atoms with Crippen LogP contribution in [0, 0.1) is 5.92 Å². The molecule has 0 aromatic carbocycles. The molecule has 0 amide bonds. The molecular formula is C12H16N4O2. The van der Waals surface area contributed by atoms with Crippen molar-refractivity contribution in [2.45, 2.75) is 12.6 Å². The lowest BCUT2D eigenvalue weighted by atomic mass is 10.1. The number of aromatic amines is 1. The van der Waals surface area contributed by atoms with Gasteiger partial charge in [-0.1, -0.05) is 0 Å². The molecule has 0 unspecified atom stereocenters. The molecule has 1 aliphatic heterocycles. The van der Waals surface area contributed by atoms with Gasteiger partial charge in [0.15, 0.2) is 0 Å². The summed E-state index contributed by atoms with van der Waals surface area (Å²) in [6.45, 7) is 2.08. The van der Waals surface area contributed by atoms with Gasteiger partial charge in [-0.3, -0.25) is 4.90 Å². The van der Waals surface area contributed by atoms with Crippen LogP contribution in [0.15, 0.2) is 18.7 Å². The van der Waals surface area contributed by atoms with Gasteiger partial charge in [0.2, 0.25) is 0 Å². The number of nitrogens with zero attached hydrogens (tertiary/aromatic N) is 3. The lowest BCUT2D eigenvalue weighted by Crippen LogP contribution is -2.21. The summed E-state index contributed by atoms with van der Waals surface area (Å²) in [5.74, 6) is -0.0372. The van der Waals surface area contributed by atoms with E-state index >= 15 is 0 Å². The van der Waals surface area contributed by atoms with Crippen molar-refractivity contribution < 1.29 is 10.2 Å². The van der Waals surface area contributed by atoms with Crippen LogP contribution in [-0.4, -0.2) is 55.9 Å². The van der Waals surface area contributed by atoms with Crippen molar-refractivity contribution in [2.75, 3.05) is 19.7 Å². The molecule has 6 nitrogen and oxygen atoms in total. The maximum Gasteiger partial charge on any atom is 0.116 e. The molecule has 0 aliphatic carbocycles. The van der Waals surface area contributed by atoms with Crippen LogP contribution >= 0.6 is 0 Å². The normalized spacial score (nSPS) is 25.0. The summed E-state index contributed by atoms with van der Waals surface area (Å²) in [5, 5.41) is 18.9. The molecule has 1 fully saturated rings. The van der Waals surface area contributed by atoms with Crippen molar-refractivity contribution in [1.29, 1.82) is 0 Å². The first-order valence-electron chi connectivity index (χ1n) is 6.05. The maximum absolute atomic E-state index is 9.77. The highest BCUT2D eigenvalue weighted by Crippen LogP contribution is 2.21. The van der Waals surface area contributed by atoms with Crippen LogP contribution in [-0.2, 0) is 6.54 Å². The minimum atomic E-state index is -0.435. The van der Waals surface area contributed by atoms with Crippen LogP contribution in [0.25, 0.3) is 11.0 Å². The maximum atomic E-state index is 9.77. The molecule has 2 atom stereocenters. The molecule has 2 aromatic heterocycles. The molecule has 0 spiro atoms. The molecule has 0 radical (unpaired) electrons. The Morgan fingerprint density at radius 2 is 2.33 bits per heavy atom. The Bertz CT molecular complexity index is 542. The third kappa shape index (κ3) is 1.98. The van der Waals surface area contributed by atoms with Gasteiger partial charge in [-0.05, 0) is 0 Å². The van der Waals surface area contributed by atoms with Crippen LogP contribution in [0.2, 0.25) is 0 Å². The summed E-state index contributed by atoms with van der Waals surface area (Å²) in [4.78, 5) is 13.5.